The molecule has 0 saturated carbocycles. The van der Waals surface area contributed by atoms with Gasteiger partial charge in [0.15, 0.2) is 0 Å². The largest absolute Gasteiger partial charge is 0.356 e. The van der Waals surface area contributed by atoms with Crippen molar-refractivity contribution in [1.82, 2.24) is 24.1 Å². The number of imidazole rings is 1. The van der Waals surface area contributed by atoms with Crippen molar-refractivity contribution in [3.05, 3.63) is 84.1 Å². The van der Waals surface area contributed by atoms with E-state index in [-0.39, 0.29) is 11.9 Å². The standard InChI is InChI=1S/C28H30N8O.C2H6/c1-2-21-27-22(32-28(37)24-17-30-25-10-3-4-14-35(24)25)8-6-9-23(27)36(33-21)18-20-7-5-11-26(31-20)34-15-12-19(29)13-16-34;1-2/h3-11,14,17,19H,2,12-13,15-16,18,29H2,1H3,(H,32,37);1-2H3. The fraction of sp³-hybridized carbons (Fsp3) is 0.333. The first-order valence-electron chi connectivity index (χ1n) is 13.8. The van der Waals surface area contributed by atoms with Crippen LogP contribution >= 0.6 is 0 Å². The second kappa shape index (κ2) is 11.7. The van der Waals surface area contributed by atoms with E-state index in [1.807, 2.05) is 67.2 Å². The summed E-state index contributed by atoms with van der Waals surface area (Å²) < 4.78 is 3.77. The molecule has 39 heavy (non-hydrogen) atoms. The number of aromatic nitrogens is 5. The van der Waals surface area contributed by atoms with Crippen molar-refractivity contribution in [2.45, 2.75) is 52.6 Å². The van der Waals surface area contributed by atoms with E-state index < -0.39 is 0 Å². The summed E-state index contributed by atoms with van der Waals surface area (Å²) in [7, 11) is 0. The van der Waals surface area contributed by atoms with Gasteiger partial charge in [0.2, 0.25) is 0 Å². The third-order valence-corrected chi connectivity index (χ3v) is 7.05. The molecule has 9 nitrogen and oxygen atoms in total. The van der Waals surface area contributed by atoms with E-state index in [1.54, 1.807) is 10.6 Å². The van der Waals surface area contributed by atoms with Gasteiger partial charge in [-0.1, -0.05) is 39.0 Å². The van der Waals surface area contributed by atoms with Gasteiger partial charge >= 0.3 is 0 Å². The second-order valence-corrected chi connectivity index (χ2v) is 9.50. The highest BCUT2D eigenvalue weighted by Crippen LogP contribution is 2.29. The number of hydrogen-bond donors (Lipinski definition) is 2. The Labute approximate surface area is 228 Å². The van der Waals surface area contributed by atoms with Crippen LogP contribution in [0, 0.1) is 0 Å². The van der Waals surface area contributed by atoms with Crippen molar-refractivity contribution in [3.63, 3.8) is 0 Å². The minimum absolute atomic E-state index is 0.211. The number of hydrogen-bond acceptors (Lipinski definition) is 6. The van der Waals surface area contributed by atoms with Crippen molar-refractivity contribution >= 4 is 34.0 Å². The van der Waals surface area contributed by atoms with E-state index in [4.69, 9.17) is 15.8 Å². The van der Waals surface area contributed by atoms with Crippen LogP contribution in [0.5, 0.6) is 0 Å². The van der Waals surface area contributed by atoms with Crippen molar-refractivity contribution in [2.75, 3.05) is 23.3 Å². The number of carbonyl (C=O) groups excluding carboxylic acids is 1. The van der Waals surface area contributed by atoms with Crippen LogP contribution in [0.3, 0.4) is 0 Å². The molecule has 1 aliphatic heterocycles. The predicted octanol–water partition coefficient (Wildman–Crippen LogP) is 4.90. The minimum Gasteiger partial charge on any atom is -0.356 e. The number of rotatable bonds is 6. The Morgan fingerprint density at radius 2 is 1.85 bits per heavy atom. The van der Waals surface area contributed by atoms with E-state index in [2.05, 4.69) is 34.3 Å². The average Bonchev–Trinajstić information content (AvgIpc) is 3.57. The van der Waals surface area contributed by atoms with Gasteiger partial charge in [0.05, 0.1) is 35.3 Å². The van der Waals surface area contributed by atoms with Crippen molar-refractivity contribution in [1.29, 1.82) is 0 Å². The second-order valence-electron chi connectivity index (χ2n) is 9.50. The van der Waals surface area contributed by atoms with Gasteiger partial charge in [-0.05, 0) is 55.7 Å². The number of pyridine rings is 2. The van der Waals surface area contributed by atoms with E-state index in [1.165, 1.54) is 0 Å². The topological polar surface area (TPSA) is 106 Å². The summed E-state index contributed by atoms with van der Waals surface area (Å²) in [5, 5.41) is 8.97. The van der Waals surface area contributed by atoms with Crippen molar-refractivity contribution in [2.24, 2.45) is 5.73 Å². The Morgan fingerprint density at radius 1 is 1.05 bits per heavy atom. The first kappa shape index (κ1) is 26.4. The van der Waals surface area contributed by atoms with Gasteiger partial charge in [-0.2, -0.15) is 5.10 Å². The maximum absolute atomic E-state index is 13.2. The first-order chi connectivity index (χ1) is 19.1. The molecule has 0 aliphatic carbocycles. The van der Waals surface area contributed by atoms with Crippen LogP contribution in [0.2, 0.25) is 0 Å². The number of nitrogens with one attached hydrogen (secondary N) is 1. The van der Waals surface area contributed by atoms with Crippen LogP contribution in [-0.2, 0) is 13.0 Å². The molecule has 0 bridgehead atoms. The highest BCUT2D eigenvalue weighted by Gasteiger charge is 2.20. The van der Waals surface area contributed by atoms with Gasteiger partial charge in [-0.15, -0.1) is 0 Å². The number of aryl methyl sites for hydroxylation is 1. The Hall–Kier alpha value is -4.24. The molecule has 5 aromatic rings. The Kier molecular flexibility index (Phi) is 7.88. The number of nitrogens with two attached hydrogens (primary N) is 1. The Bertz CT molecular complexity index is 1580. The van der Waals surface area contributed by atoms with Gasteiger partial charge < -0.3 is 16.0 Å². The van der Waals surface area contributed by atoms with Crippen LogP contribution in [0.1, 0.15) is 55.5 Å². The molecular formula is C30H36N8O. The van der Waals surface area contributed by atoms with E-state index in [0.717, 1.165) is 71.8 Å². The van der Waals surface area contributed by atoms with Gasteiger partial charge in [-0.25, -0.2) is 9.97 Å². The number of carbonyl (C=O) groups is 1. The molecular weight excluding hydrogens is 488 g/mol. The van der Waals surface area contributed by atoms with E-state index in [9.17, 15) is 4.79 Å². The fourth-order valence-electron chi connectivity index (χ4n) is 5.08. The summed E-state index contributed by atoms with van der Waals surface area (Å²) in [6.07, 6.45) is 6.15. The average molecular weight is 525 g/mol. The summed E-state index contributed by atoms with van der Waals surface area (Å²) in [6, 6.07) is 18.0. The Balaban J connectivity index is 0.00000151. The minimum atomic E-state index is -0.211. The summed E-state index contributed by atoms with van der Waals surface area (Å²) >= 11 is 0. The summed E-state index contributed by atoms with van der Waals surface area (Å²) in [5.41, 5.74) is 10.9. The first-order valence-corrected chi connectivity index (χ1v) is 13.8. The number of nitrogens with zero attached hydrogens (tertiary/aromatic N) is 6. The van der Waals surface area contributed by atoms with Gasteiger partial charge in [0, 0.05) is 30.7 Å². The molecule has 3 N–H and O–H groups in total. The lowest BCUT2D eigenvalue weighted by atomic mass is 10.1. The zero-order valence-electron chi connectivity index (χ0n) is 22.8. The van der Waals surface area contributed by atoms with Crippen LogP contribution in [0.25, 0.3) is 16.6 Å². The van der Waals surface area contributed by atoms with E-state index in [0.29, 0.717) is 12.2 Å². The number of amides is 1. The quantitative estimate of drug-likeness (QED) is 0.327. The van der Waals surface area contributed by atoms with Gasteiger partial charge in [0.1, 0.15) is 17.2 Å². The summed E-state index contributed by atoms with van der Waals surface area (Å²) in [5.74, 6) is 0.772. The van der Waals surface area contributed by atoms with Crippen molar-refractivity contribution in [3.8, 4) is 0 Å². The Morgan fingerprint density at radius 3 is 2.64 bits per heavy atom. The molecule has 0 atom stereocenters. The maximum atomic E-state index is 13.2. The zero-order chi connectivity index (χ0) is 27.4. The zero-order valence-corrected chi connectivity index (χ0v) is 22.8. The molecule has 202 valence electrons. The van der Waals surface area contributed by atoms with Gasteiger partial charge in [0.25, 0.3) is 5.91 Å². The molecule has 1 saturated heterocycles. The number of fused-ring (bicyclic) bond motifs is 2. The number of anilines is 2. The highest BCUT2D eigenvalue weighted by atomic mass is 16.2. The molecule has 5 heterocycles. The molecule has 9 heteroatoms. The smallest absolute Gasteiger partial charge is 0.274 e. The molecule has 4 aromatic heterocycles. The summed E-state index contributed by atoms with van der Waals surface area (Å²) in [6.45, 7) is 8.48. The molecule has 1 amide bonds. The van der Waals surface area contributed by atoms with E-state index >= 15 is 0 Å². The molecule has 0 radical (unpaired) electrons. The number of piperidine rings is 1. The lowest BCUT2D eigenvalue weighted by Gasteiger charge is -2.31. The molecule has 1 fully saturated rings. The summed E-state index contributed by atoms with van der Waals surface area (Å²) in [4.78, 5) is 24.8. The monoisotopic (exact) mass is 524 g/mol. The van der Waals surface area contributed by atoms with Gasteiger partial charge in [-0.3, -0.25) is 13.9 Å². The van der Waals surface area contributed by atoms with Crippen LogP contribution in [-0.4, -0.2) is 49.2 Å². The molecule has 0 spiro atoms. The highest BCUT2D eigenvalue weighted by molar-refractivity contribution is 6.08. The SMILES string of the molecule is CC.CCc1nn(Cc2cccc(N3CCC(N)CC3)n2)c2cccc(NC(=O)c3cnc4ccccn34)c12. The lowest BCUT2D eigenvalue weighted by Crippen LogP contribution is -2.40. The maximum Gasteiger partial charge on any atom is 0.274 e. The number of benzene rings is 1. The predicted molar refractivity (Wildman–Crippen MR) is 156 cm³/mol. The van der Waals surface area contributed by atoms with Crippen LogP contribution < -0.4 is 16.0 Å². The fourth-order valence-corrected chi connectivity index (χ4v) is 5.08. The third kappa shape index (κ3) is 5.35. The third-order valence-electron chi connectivity index (χ3n) is 7.05. The normalized spacial score (nSPS) is 13.9. The molecule has 6 rings (SSSR count). The molecule has 0 unspecified atom stereocenters. The van der Waals surface area contributed by atoms with Crippen LogP contribution in [0.15, 0.2) is 67.0 Å². The lowest BCUT2D eigenvalue weighted by molar-refractivity contribution is 0.102. The molecule has 1 aliphatic rings. The van der Waals surface area contributed by atoms with Crippen LogP contribution in [0.4, 0.5) is 11.5 Å². The van der Waals surface area contributed by atoms with Crippen molar-refractivity contribution < 1.29 is 4.79 Å². The molecule has 1 aromatic carbocycles.